The van der Waals surface area contributed by atoms with Gasteiger partial charge in [-0.25, -0.2) is 0 Å². The summed E-state index contributed by atoms with van der Waals surface area (Å²) in [6.07, 6.45) is 2.97. The minimum Gasteiger partial charge on any atom is -0.487 e. The Hall–Kier alpha value is -3.03. The summed E-state index contributed by atoms with van der Waals surface area (Å²) in [5.41, 5.74) is 0.00416. The van der Waals surface area contributed by atoms with Gasteiger partial charge in [-0.15, -0.1) is 0 Å². The Morgan fingerprint density at radius 2 is 1.61 bits per heavy atom. The molecule has 1 fully saturated rings. The van der Waals surface area contributed by atoms with Gasteiger partial charge in [0.05, 0.1) is 17.2 Å². The normalized spacial score (nSPS) is 21.6. The van der Waals surface area contributed by atoms with Crippen molar-refractivity contribution in [3.05, 3.63) is 65.2 Å². The molecule has 0 aromatic heterocycles. The monoisotopic (exact) mass is 530 g/mol. The molecule has 1 saturated carbocycles. The zero-order valence-electron chi connectivity index (χ0n) is 22.0. The van der Waals surface area contributed by atoms with Gasteiger partial charge in [0.1, 0.15) is 11.9 Å². The molecule has 2 aliphatic rings. The number of carbonyl (C=O) groups excluding carboxylic acids is 2. The Morgan fingerprint density at radius 1 is 0.921 bits per heavy atom. The summed E-state index contributed by atoms with van der Waals surface area (Å²) in [4.78, 5) is 30.9. The molecule has 0 spiro atoms. The SMILES string of the molecule is CCCN1CCCCCCN(C(=O)c2ccc(C(F)(F)F)cc2)[C@@H]2CCCC[C@@H]2Oc2ccccc2C1=O. The summed E-state index contributed by atoms with van der Waals surface area (Å²) in [6.45, 7) is 3.94. The van der Waals surface area contributed by atoms with Crippen molar-refractivity contribution >= 4 is 11.8 Å². The van der Waals surface area contributed by atoms with Crippen LogP contribution < -0.4 is 4.74 Å². The van der Waals surface area contributed by atoms with Crippen molar-refractivity contribution in [3.8, 4) is 5.75 Å². The maximum atomic E-state index is 13.7. The van der Waals surface area contributed by atoms with Crippen molar-refractivity contribution < 1.29 is 27.5 Å². The fourth-order valence-corrected chi connectivity index (χ4v) is 5.56. The van der Waals surface area contributed by atoms with Crippen LogP contribution in [0.2, 0.25) is 0 Å². The first kappa shape index (κ1) is 28.0. The molecule has 0 radical (unpaired) electrons. The van der Waals surface area contributed by atoms with Crippen LogP contribution in [0.4, 0.5) is 13.2 Å². The topological polar surface area (TPSA) is 49.9 Å². The summed E-state index contributed by atoms with van der Waals surface area (Å²) in [5, 5.41) is 0. The quantitative estimate of drug-likeness (QED) is 0.431. The number of para-hydroxylation sites is 1. The van der Waals surface area contributed by atoms with Crippen molar-refractivity contribution in [2.24, 2.45) is 0 Å². The van der Waals surface area contributed by atoms with Gasteiger partial charge in [0.25, 0.3) is 11.8 Å². The van der Waals surface area contributed by atoms with Gasteiger partial charge in [-0.2, -0.15) is 13.2 Å². The Labute approximate surface area is 222 Å². The van der Waals surface area contributed by atoms with Crippen LogP contribution in [0.25, 0.3) is 0 Å². The lowest BCUT2D eigenvalue weighted by atomic mass is 9.90. The van der Waals surface area contributed by atoms with Crippen LogP contribution in [-0.2, 0) is 6.18 Å². The van der Waals surface area contributed by atoms with Crippen LogP contribution in [0.1, 0.15) is 91.0 Å². The second-order valence-corrected chi connectivity index (χ2v) is 10.3. The minimum absolute atomic E-state index is 0.0374. The zero-order valence-corrected chi connectivity index (χ0v) is 22.0. The number of hydrogen-bond acceptors (Lipinski definition) is 3. The number of alkyl halides is 3. The van der Waals surface area contributed by atoms with Gasteiger partial charge in [0.2, 0.25) is 0 Å². The molecule has 1 aliphatic heterocycles. The molecule has 0 saturated heterocycles. The Kier molecular flexibility index (Phi) is 9.34. The van der Waals surface area contributed by atoms with Crippen molar-refractivity contribution in [3.63, 3.8) is 0 Å². The van der Waals surface area contributed by atoms with Crippen LogP contribution >= 0.6 is 0 Å². The van der Waals surface area contributed by atoms with E-state index >= 15 is 0 Å². The number of benzene rings is 2. The number of rotatable bonds is 3. The average Bonchev–Trinajstić information content (AvgIpc) is 2.91. The third kappa shape index (κ3) is 6.69. The molecule has 2 atom stereocenters. The van der Waals surface area contributed by atoms with Crippen LogP contribution in [0.3, 0.4) is 0 Å². The fraction of sp³-hybridized carbons (Fsp3) is 0.533. The first-order chi connectivity index (χ1) is 18.3. The van der Waals surface area contributed by atoms with E-state index in [0.29, 0.717) is 30.9 Å². The molecule has 2 aromatic rings. The third-order valence-electron chi connectivity index (χ3n) is 7.54. The summed E-state index contributed by atoms with van der Waals surface area (Å²) in [7, 11) is 0. The van der Waals surface area contributed by atoms with Gasteiger partial charge in [-0.3, -0.25) is 9.59 Å². The summed E-state index contributed by atoms with van der Waals surface area (Å²) >= 11 is 0. The van der Waals surface area contributed by atoms with E-state index in [0.717, 1.165) is 69.9 Å². The van der Waals surface area contributed by atoms with Crippen molar-refractivity contribution in [2.75, 3.05) is 19.6 Å². The van der Waals surface area contributed by atoms with Gasteiger partial charge in [-0.1, -0.05) is 38.3 Å². The van der Waals surface area contributed by atoms with E-state index in [1.165, 1.54) is 12.1 Å². The highest BCUT2D eigenvalue weighted by molar-refractivity contribution is 5.97. The Balaban J connectivity index is 1.65. The number of carbonyl (C=O) groups is 2. The first-order valence-corrected chi connectivity index (χ1v) is 13.8. The highest BCUT2D eigenvalue weighted by Gasteiger charge is 2.36. The van der Waals surface area contributed by atoms with E-state index in [9.17, 15) is 22.8 Å². The molecule has 8 heteroatoms. The maximum Gasteiger partial charge on any atom is 0.416 e. The molecule has 206 valence electrons. The zero-order chi connectivity index (χ0) is 27.1. The molecule has 2 amide bonds. The molecule has 5 nitrogen and oxygen atoms in total. The van der Waals surface area contributed by atoms with Crippen molar-refractivity contribution in [1.82, 2.24) is 9.80 Å². The Morgan fingerprint density at radius 3 is 2.32 bits per heavy atom. The van der Waals surface area contributed by atoms with Crippen LogP contribution in [0.15, 0.2) is 48.5 Å². The summed E-state index contributed by atoms with van der Waals surface area (Å²) in [6, 6.07) is 11.6. The second-order valence-electron chi connectivity index (χ2n) is 10.3. The van der Waals surface area contributed by atoms with E-state index in [2.05, 4.69) is 6.92 Å². The second kappa shape index (κ2) is 12.7. The molecule has 0 N–H and O–H groups in total. The minimum atomic E-state index is -4.45. The lowest BCUT2D eigenvalue weighted by Gasteiger charge is -2.40. The molecule has 1 heterocycles. The fourth-order valence-electron chi connectivity index (χ4n) is 5.56. The van der Waals surface area contributed by atoms with Gasteiger partial charge < -0.3 is 14.5 Å². The molecule has 4 rings (SSSR count). The highest BCUT2D eigenvalue weighted by Crippen LogP contribution is 2.32. The van der Waals surface area contributed by atoms with Crippen molar-refractivity contribution in [1.29, 1.82) is 0 Å². The molecular formula is C30H37F3N2O3. The lowest BCUT2D eigenvalue weighted by molar-refractivity contribution is -0.137. The van der Waals surface area contributed by atoms with Crippen LogP contribution in [-0.4, -0.2) is 53.4 Å². The van der Waals surface area contributed by atoms with E-state index < -0.39 is 11.7 Å². The van der Waals surface area contributed by atoms with Gasteiger partial charge >= 0.3 is 6.18 Å². The third-order valence-corrected chi connectivity index (χ3v) is 7.54. The molecule has 0 unspecified atom stereocenters. The number of amides is 2. The standard InChI is InChI=1S/C30H37F3N2O3/c1-2-19-34-20-9-3-4-10-21-35(28(36)22-15-17-23(18-16-22)30(31,32)33)25-12-6-8-14-27(25)38-26-13-7-5-11-24(26)29(34)37/h5,7,11,13,15-18,25,27H,2-4,6,8-10,12,14,19-21H2,1H3/t25-,27+/m1/s1. The van der Waals surface area contributed by atoms with E-state index in [1.54, 1.807) is 6.07 Å². The number of nitrogens with zero attached hydrogens (tertiary/aromatic N) is 2. The van der Waals surface area contributed by atoms with Gasteiger partial charge in [0.15, 0.2) is 0 Å². The molecule has 0 bridgehead atoms. The van der Waals surface area contributed by atoms with E-state index in [4.69, 9.17) is 4.74 Å². The summed E-state index contributed by atoms with van der Waals surface area (Å²) < 4.78 is 45.8. The molecule has 38 heavy (non-hydrogen) atoms. The van der Waals surface area contributed by atoms with Crippen LogP contribution in [0, 0.1) is 0 Å². The highest BCUT2D eigenvalue weighted by atomic mass is 19.4. The predicted molar refractivity (Wildman–Crippen MR) is 140 cm³/mol. The van der Waals surface area contributed by atoms with E-state index in [-0.39, 0.29) is 29.5 Å². The first-order valence-electron chi connectivity index (χ1n) is 13.8. The smallest absolute Gasteiger partial charge is 0.416 e. The number of halogens is 3. The number of fused-ring (bicyclic) bond motifs is 2. The average molecular weight is 531 g/mol. The van der Waals surface area contributed by atoms with Crippen LogP contribution in [0.5, 0.6) is 5.75 Å². The predicted octanol–water partition coefficient (Wildman–Crippen LogP) is 6.96. The lowest BCUT2D eigenvalue weighted by Crippen LogP contribution is -2.51. The van der Waals surface area contributed by atoms with Crippen molar-refractivity contribution in [2.45, 2.75) is 83.0 Å². The number of hydrogen-bond donors (Lipinski definition) is 0. The maximum absolute atomic E-state index is 13.7. The van der Waals surface area contributed by atoms with Gasteiger partial charge in [-0.05, 0) is 74.9 Å². The summed E-state index contributed by atoms with van der Waals surface area (Å²) in [5.74, 6) is 0.212. The molecule has 2 aromatic carbocycles. The largest absolute Gasteiger partial charge is 0.487 e. The van der Waals surface area contributed by atoms with Gasteiger partial charge in [0, 0.05) is 25.2 Å². The Bertz CT molecular complexity index is 1090. The molecular weight excluding hydrogens is 493 g/mol. The molecule has 1 aliphatic carbocycles. The van der Waals surface area contributed by atoms with E-state index in [1.807, 2.05) is 28.0 Å². The number of ether oxygens (including phenoxy) is 1.